The number of ether oxygens (including phenoxy) is 3. The Bertz CT molecular complexity index is 1110. The van der Waals surface area contributed by atoms with Crippen LogP contribution in [0.1, 0.15) is 5.56 Å². The molecular weight excluding hydrogens is 379 g/mol. The van der Waals surface area contributed by atoms with Gasteiger partial charge in [-0.1, -0.05) is 6.07 Å². The van der Waals surface area contributed by atoms with Gasteiger partial charge in [-0.2, -0.15) is 0 Å². The van der Waals surface area contributed by atoms with E-state index in [-0.39, 0.29) is 5.82 Å². The molecule has 1 atom stereocenters. The zero-order valence-electron chi connectivity index (χ0n) is 15.7. The monoisotopic (exact) mass is 398 g/mol. The highest BCUT2D eigenvalue weighted by atomic mass is 32.1. The summed E-state index contributed by atoms with van der Waals surface area (Å²) in [7, 11) is 3.14. The molecule has 28 heavy (non-hydrogen) atoms. The average Bonchev–Trinajstić information content (AvgIpc) is 3.08. The minimum absolute atomic E-state index is 0.294. The van der Waals surface area contributed by atoms with E-state index in [2.05, 4.69) is 5.38 Å². The van der Waals surface area contributed by atoms with Gasteiger partial charge in [-0.05, 0) is 54.3 Å². The van der Waals surface area contributed by atoms with Gasteiger partial charge in [0.1, 0.15) is 5.82 Å². The maximum Gasteiger partial charge on any atom is 0.275 e. The normalized spacial score (nSPS) is 15.3. The van der Waals surface area contributed by atoms with Gasteiger partial charge in [-0.15, -0.1) is 11.3 Å². The van der Waals surface area contributed by atoms with E-state index in [1.807, 2.05) is 24.1 Å². The zero-order chi connectivity index (χ0) is 19.7. The number of hydrogen-bond acceptors (Lipinski definition) is 6. The van der Waals surface area contributed by atoms with Crippen LogP contribution < -0.4 is 29.0 Å². The number of halogens is 1. The first-order chi connectivity index (χ1) is 13.6. The topological polar surface area (TPSA) is 43.3 Å². The number of fused-ring (bicyclic) bond motifs is 1. The molecule has 0 aliphatic carbocycles. The largest absolute Gasteiger partial charge is 0.493 e. The van der Waals surface area contributed by atoms with E-state index in [1.54, 1.807) is 49.8 Å². The van der Waals surface area contributed by atoms with Gasteiger partial charge in [-0.25, -0.2) is 9.38 Å². The summed E-state index contributed by atoms with van der Waals surface area (Å²) >= 11 is 1.61. The maximum atomic E-state index is 13.4. The van der Waals surface area contributed by atoms with Gasteiger partial charge < -0.3 is 14.2 Å². The number of rotatable bonds is 5. The Morgan fingerprint density at radius 3 is 2.50 bits per heavy atom. The minimum Gasteiger partial charge on any atom is -0.493 e. The van der Waals surface area contributed by atoms with Crippen LogP contribution in [0.25, 0.3) is 6.20 Å². The molecule has 1 aliphatic rings. The molecule has 2 heterocycles. The van der Waals surface area contributed by atoms with E-state index in [4.69, 9.17) is 19.2 Å². The van der Waals surface area contributed by atoms with Crippen LogP contribution in [0.2, 0.25) is 0 Å². The quantitative estimate of drug-likeness (QED) is 0.660. The van der Waals surface area contributed by atoms with Crippen LogP contribution in [0, 0.1) is 12.7 Å². The highest BCUT2D eigenvalue weighted by Gasteiger charge is 2.24. The van der Waals surface area contributed by atoms with Crippen molar-refractivity contribution in [2.45, 2.75) is 13.3 Å². The summed E-state index contributed by atoms with van der Waals surface area (Å²) in [5, 5.41) is 2.96. The Labute approximate surface area is 165 Å². The fourth-order valence-electron chi connectivity index (χ4n) is 3.04. The van der Waals surface area contributed by atoms with Crippen molar-refractivity contribution in [3.05, 3.63) is 69.1 Å². The van der Waals surface area contributed by atoms with Gasteiger partial charge >= 0.3 is 0 Å². The molecule has 0 spiro atoms. The highest BCUT2D eigenvalue weighted by Crippen LogP contribution is 2.38. The standard InChI is InChI=1S/C21H19FN2O3S/c1-13-12-28-18-11-24(15-9-7-14(22)8-10-15)21(23-19(13)18)27-17-6-4-5-16(25-2)20(17)26-3/h4-12,21H,1-3H3. The Morgan fingerprint density at radius 1 is 1.04 bits per heavy atom. The van der Waals surface area contributed by atoms with Crippen molar-refractivity contribution in [1.29, 1.82) is 0 Å². The first kappa shape index (κ1) is 18.3. The molecule has 144 valence electrons. The second-order valence-electron chi connectivity index (χ2n) is 6.21. The van der Waals surface area contributed by atoms with E-state index < -0.39 is 6.35 Å². The Morgan fingerprint density at radius 2 is 1.79 bits per heavy atom. The molecule has 2 aromatic carbocycles. The third-order valence-corrected chi connectivity index (χ3v) is 5.45. The molecule has 5 nitrogen and oxygen atoms in total. The average molecular weight is 398 g/mol. The van der Waals surface area contributed by atoms with Crippen LogP contribution in [0.15, 0.2) is 52.8 Å². The number of anilines is 1. The molecule has 1 unspecified atom stereocenters. The third-order valence-electron chi connectivity index (χ3n) is 4.43. The number of benzene rings is 2. The summed E-state index contributed by atoms with van der Waals surface area (Å²) in [6, 6.07) is 11.7. The van der Waals surface area contributed by atoms with E-state index in [0.717, 1.165) is 21.1 Å². The summed E-state index contributed by atoms with van der Waals surface area (Å²) in [5.41, 5.74) is 1.86. The summed E-state index contributed by atoms with van der Waals surface area (Å²) < 4.78 is 31.5. The fourth-order valence-corrected chi connectivity index (χ4v) is 3.96. The van der Waals surface area contributed by atoms with Gasteiger partial charge in [0.25, 0.3) is 6.35 Å². The lowest BCUT2D eigenvalue weighted by Gasteiger charge is -2.30. The molecule has 3 aromatic rings. The van der Waals surface area contributed by atoms with Crippen LogP contribution in [-0.2, 0) is 0 Å². The summed E-state index contributed by atoms with van der Waals surface area (Å²) in [6.45, 7) is 2.02. The first-order valence-electron chi connectivity index (χ1n) is 8.66. The van der Waals surface area contributed by atoms with Crippen LogP contribution in [0.4, 0.5) is 10.1 Å². The van der Waals surface area contributed by atoms with E-state index >= 15 is 0 Å². The van der Waals surface area contributed by atoms with Crippen molar-refractivity contribution in [2.24, 2.45) is 4.99 Å². The van der Waals surface area contributed by atoms with E-state index in [0.29, 0.717) is 17.2 Å². The van der Waals surface area contributed by atoms with Crippen LogP contribution in [-0.4, -0.2) is 20.6 Å². The number of aryl methyl sites for hydroxylation is 1. The molecule has 0 fully saturated rings. The fraction of sp³-hybridized carbons (Fsp3) is 0.190. The van der Waals surface area contributed by atoms with Gasteiger partial charge in [0.05, 0.1) is 24.1 Å². The smallest absolute Gasteiger partial charge is 0.275 e. The van der Waals surface area contributed by atoms with Crippen LogP contribution >= 0.6 is 11.3 Å². The predicted octanol–water partition coefficient (Wildman–Crippen LogP) is 3.45. The lowest BCUT2D eigenvalue weighted by molar-refractivity contribution is 0.202. The predicted molar refractivity (Wildman–Crippen MR) is 107 cm³/mol. The zero-order valence-corrected chi connectivity index (χ0v) is 16.5. The van der Waals surface area contributed by atoms with Gasteiger partial charge in [0.2, 0.25) is 5.75 Å². The molecule has 0 saturated heterocycles. The number of nitrogens with zero attached hydrogens (tertiary/aromatic N) is 2. The van der Waals surface area contributed by atoms with Crippen molar-refractivity contribution in [3.8, 4) is 17.2 Å². The van der Waals surface area contributed by atoms with Crippen LogP contribution in [0.3, 0.4) is 0 Å². The third kappa shape index (κ3) is 3.29. The summed E-state index contributed by atoms with van der Waals surface area (Å²) in [6.07, 6.45) is 1.30. The van der Waals surface area contributed by atoms with E-state index in [1.165, 1.54) is 12.1 Å². The second kappa shape index (κ2) is 7.52. The highest BCUT2D eigenvalue weighted by molar-refractivity contribution is 7.07. The first-order valence-corrected chi connectivity index (χ1v) is 9.54. The van der Waals surface area contributed by atoms with Crippen LogP contribution in [0.5, 0.6) is 17.2 Å². The van der Waals surface area contributed by atoms with Gasteiger partial charge in [0, 0.05) is 11.9 Å². The molecular formula is C21H19FN2O3S. The summed E-state index contributed by atoms with van der Waals surface area (Å²) in [4.78, 5) is 6.68. The molecule has 1 aromatic heterocycles. The van der Waals surface area contributed by atoms with Crippen molar-refractivity contribution in [1.82, 2.24) is 0 Å². The van der Waals surface area contributed by atoms with Crippen molar-refractivity contribution in [2.75, 3.05) is 19.1 Å². The number of methoxy groups -OCH3 is 2. The molecule has 4 rings (SSSR count). The Hall–Kier alpha value is -3.06. The molecule has 0 bridgehead atoms. The minimum atomic E-state index is -0.674. The SMILES string of the molecule is COc1cccc(OC2N=c3c(C)csc3=CN2c2ccc(F)cc2)c1OC. The van der Waals surface area contributed by atoms with Crippen molar-refractivity contribution in [3.63, 3.8) is 0 Å². The lowest BCUT2D eigenvalue weighted by atomic mass is 10.2. The molecule has 0 amide bonds. The van der Waals surface area contributed by atoms with E-state index in [9.17, 15) is 4.39 Å². The maximum absolute atomic E-state index is 13.4. The van der Waals surface area contributed by atoms with Gasteiger partial charge in [0.15, 0.2) is 11.5 Å². The summed E-state index contributed by atoms with van der Waals surface area (Å²) in [5.74, 6) is 1.28. The van der Waals surface area contributed by atoms with Gasteiger partial charge in [-0.3, -0.25) is 4.90 Å². The number of hydrogen-bond donors (Lipinski definition) is 0. The molecule has 0 radical (unpaired) electrons. The molecule has 7 heteroatoms. The second-order valence-corrected chi connectivity index (χ2v) is 7.12. The number of thiophene rings is 1. The Kier molecular flexibility index (Phi) is 4.92. The number of para-hydroxylation sites is 1. The lowest BCUT2D eigenvalue weighted by Crippen LogP contribution is -2.43. The Balaban J connectivity index is 1.80. The van der Waals surface area contributed by atoms with Crippen molar-refractivity contribution >= 4 is 23.2 Å². The van der Waals surface area contributed by atoms with Crippen molar-refractivity contribution < 1.29 is 18.6 Å². The molecule has 0 saturated carbocycles. The molecule has 0 N–H and O–H groups in total. The molecule has 1 aliphatic heterocycles.